The van der Waals surface area contributed by atoms with Crippen molar-refractivity contribution in [3.8, 4) is 0 Å². The van der Waals surface area contributed by atoms with Crippen molar-refractivity contribution in [3.05, 3.63) is 0 Å². The van der Waals surface area contributed by atoms with Crippen molar-refractivity contribution < 1.29 is 25.3 Å². The van der Waals surface area contributed by atoms with Crippen LogP contribution in [-0.4, -0.2) is 43.8 Å². The Morgan fingerprint density at radius 1 is 0.769 bits per heavy atom. The van der Waals surface area contributed by atoms with E-state index in [1.54, 1.807) is 27.7 Å². The van der Waals surface area contributed by atoms with Crippen molar-refractivity contribution >= 4 is 7.32 Å². The predicted molar refractivity (Wildman–Crippen MR) is 50.0 cm³/mol. The minimum atomic E-state index is -2.17. The Hall–Kier alpha value is -0.175. The van der Waals surface area contributed by atoms with Gasteiger partial charge in [-0.3, -0.25) is 0 Å². The van der Waals surface area contributed by atoms with E-state index >= 15 is 0 Å². The van der Waals surface area contributed by atoms with Crippen molar-refractivity contribution in [1.29, 1.82) is 0 Å². The zero-order chi connectivity index (χ0) is 10.6. The average Bonchev–Trinajstić information content (AvgIpc) is 1.55. The Morgan fingerprint density at radius 3 is 0.846 bits per heavy atom. The first kappa shape index (κ1) is 18.6. The van der Waals surface area contributed by atoms with Crippen molar-refractivity contribution in [1.82, 2.24) is 6.15 Å². The molecule has 0 aromatic carbocycles. The molecule has 0 spiro atoms. The summed E-state index contributed by atoms with van der Waals surface area (Å²) in [5.41, 5.74) is -2.01. The lowest BCUT2D eigenvalue weighted by Crippen LogP contribution is -2.44. The van der Waals surface area contributed by atoms with Crippen LogP contribution in [0.15, 0.2) is 0 Å². The van der Waals surface area contributed by atoms with Gasteiger partial charge in [-0.15, -0.1) is 0 Å². The molecule has 6 nitrogen and oxygen atoms in total. The van der Waals surface area contributed by atoms with Gasteiger partial charge in [-0.1, -0.05) is 0 Å². The van der Waals surface area contributed by atoms with Crippen LogP contribution in [0.25, 0.3) is 0 Å². The lowest BCUT2D eigenvalue weighted by molar-refractivity contribution is -0.107. The van der Waals surface area contributed by atoms with E-state index < -0.39 is 18.5 Å². The summed E-state index contributed by atoms with van der Waals surface area (Å²) in [5, 5.41) is 39.7. The second-order valence-electron chi connectivity index (χ2n) is 3.46. The van der Waals surface area contributed by atoms with Gasteiger partial charge in [0, 0.05) is 0 Å². The summed E-state index contributed by atoms with van der Waals surface area (Å²) in [7, 11) is -2.17. The Balaban J connectivity index is -0.000000173. The van der Waals surface area contributed by atoms with Crippen LogP contribution in [0.4, 0.5) is 0 Å². The maximum atomic E-state index is 9.10. The number of hydrogen-bond donors (Lipinski definition) is 6. The summed E-state index contributed by atoms with van der Waals surface area (Å²) in [6.07, 6.45) is 0. The van der Waals surface area contributed by atoms with Gasteiger partial charge in [0.25, 0.3) is 0 Å². The fraction of sp³-hybridized carbons (Fsp3) is 1.00. The molecule has 0 unspecified atom stereocenters. The summed E-state index contributed by atoms with van der Waals surface area (Å²) < 4.78 is 0. The standard InChI is InChI=1S/C6H14O2.BH3O3.H3N/c1-5(2,7)6(3,4)8;2-1(3)4;/h7-8H,1-4H3;2-4H;1H3. The summed E-state index contributed by atoms with van der Waals surface area (Å²) >= 11 is 0. The minimum Gasteiger partial charge on any atom is -0.402 e. The lowest BCUT2D eigenvalue weighted by atomic mass is 9.90. The third kappa shape index (κ3) is 14.7. The van der Waals surface area contributed by atoms with Gasteiger partial charge in [-0.2, -0.15) is 0 Å². The molecule has 0 aliphatic rings. The van der Waals surface area contributed by atoms with Gasteiger partial charge in [0.15, 0.2) is 0 Å². The molecule has 0 saturated heterocycles. The third-order valence-electron chi connectivity index (χ3n) is 1.50. The molecule has 0 amide bonds. The van der Waals surface area contributed by atoms with Crippen molar-refractivity contribution in [2.75, 3.05) is 0 Å². The molecular formula is C6H20BNO5. The zero-order valence-electron chi connectivity index (χ0n) is 8.52. The van der Waals surface area contributed by atoms with E-state index in [1.807, 2.05) is 0 Å². The molecule has 0 heterocycles. The van der Waals surface area contributed by atoms with E-state index in [1.165, 1.54) is 0 Å². The van der Waals surface area contributed by atoms with Crippen LogP contribution < -0.4 is 6.15 Å². The number of aliphatic hydroxyl groups is 2. The van der Waals surface area contributed by atoms with Gasteiger partial charge in [0.05, 0.1) is 11.2 Å². The van der Waals surface area contributed by atoms with Crippen LogP contribution in [0.1, 0.15) is 27.7 Å². The summed E-state index contributed by atoms with van der Waals surface area (Å²) in [5.74, 6) is 0. The molecule has 0 aromatic rings. The van der Waals surface area contributed by atoms with Gasteiger partial charge < -0.3 is 31.4 Å². The van der Waals surface area contributed by atoms with Crippen LogP contribution in [0.5, 0.6) is 0 Å². The van der Waals surface area contributed by atoms with E-state index in [4.69, 9.17) is 25.3 Å². The number of rotatable bonds is 1. The Bertz CT molecular complexity index is 102. The first-order chi connectivity index (χ1) is 4.98. The van der Waals surface area contributed by atoms with Crippen molar-refractivity contribution in [2.45, 2.75) is 38.9 Å². The molecule has 0 rings (SSSR count). The van der Waals surface area contributed by atoms with Crippen LogP contribution >= 0.6 is 0 Å². The van der Waals surface area contributed by atoms with E-state index in [0.717, 1.165) is 0 Å². The first-order valence-electron chi connectivity index (χ1n) is 3.47. The molecule has 0 bridgehead atoms. The largest absolute Gasteiger partial charge is 0.631 e. The van der Waals surface area contributed by atoms with Gasteiger partial charge in [-0.05, 0) is 27.7 Å². The lowest BCUT2D eigenvalue weighted by Gasteiger charge is -2.31. The van der Waals surface area contributed by atoms with Crippen molar-refractivity contribution in [3.63, 3.8) is 0 Å². The normalized spacial score (nSPS) is 10.8. The van der Waals surface area contributed by atoms with Crippen molar-refractivity contribution in [2.24, 2.45) is 0 Å². The fourth-order valence-electron chi connectivity index (χ4n) is 0. The SMILES string of the molecule is CC(C)(O)C(C)(C)O.N.OB(O)O. The molecule has 0 fully saturated rings. The highest BCUT2D eigenvalue weighted by Gasteiger charge is 2.31. The van der Waals surface area contributed by atoms with Gasteiger partial charge in [-0.25, -0.2) is 0 Å². The van der Waals surface area contributed by atoms with Crippen LogP contribution in [0.3, 0.4) is 0 Å². The highest BCUT2D eigenvalue weighted by Crippen LogP contribution is 2.19. The quantitative estimate of drug-likeness (QED) is 0.287. The predicted octanol–water partition coefficient (Wildman–Crippen LogP) is -1.36. The van der Waals surface area contributed by atoms with E-state index in [9.17, 15) is 0 Å². The first-order valence-corrected chi connectivity index (χ1v) is 3.47. The topological polar surface area (TPSA) is 136 Å². The molecule has 0 aliphatic carbocycles. The van der Waals surface area contributed by atoms with Gasteiger partial charge in [0.2, 0.25) is 0 Å². The molecule has 0 aromatic heterocycles. The smallest absolute Gasteiger partial charge is 0.402 e. The maximum absolute atomic E-state index is 9.10. The molecule has 0 atom stereocenters. The molecule has 13 heavy (non-hydrogen) atoms. The highest BCUT2D eigenvalue weighted by atomic mass is 16.5. The molecule has 0 radical (unpaired) electrons. The average molecular weight is 197 g/mol. The van der Waals surface area contributed by atoms with E-state index in [-0.39, 0.29) is 6.15 Å². The second-order valence-corrected chi connectivity index (χ2v) is 3.46. The minimum absolute atomic E-state index is 0. The number of hydrogen-bond acceptors (Lipinski definition) is 6. The van der Waals surface area contributed by atoms with E-state index in [0.29, 0.717) is 0 Å². The van der Waals surface area contributed by atoms with Crippen LogP contribution in [0, 0.1) is 0 Å². The molecule has 0 aliphatic heterocycles. The zero-order valence-corrected chi connectivity index (χ0v) is 8.52. The van der Waals surface area contributed by atoms with Crippen LogP contribution in [-0.2, 0) is 0 Å². The molecule has 82 valence electrons. The summed E-state index contributed by atoms with van der Waals surface area (Å²) in [6.45, 7) is 6.31. The molecule has 0 saturated carbocycles. The van der Waals surface area contributed by atoms with Crippen LogP contribution in [0.2, 0.25) is 0 Å². The maximum Gasteiger partial charge on any atom is 0.631 e. The van der Waals surface area contributed by atoms with E-state index in [2.05, 4.69) is 0 Å². The Kier molecular flexibility index (Phi) is 9.01. The van der Waals surface area contributed by atoms with Gasteiger partial charge in [0.1, 0.15) is 0 Å². The van der Waals surface area contributed by atoms with Gasteiger partial charge >= 0.3 is 7.32 Å². The monoisotopic (exact) mass is 197 g/mol. The second kappa shape index (κ2) is 6.30. The molecule has 7 heteroatoms. The summed E-state index contributed by atoms with van der Waals surface area (Å²) in [4.78, 5) is 0. The Labute approximate surface area is 78.6 Å². The molecule has 8 N–H and O–H groups in total. The molecular weight excluding hydrogens is 177 g/mol. The fourth-order valence-corrected chi connectivity index (χ4v) is 0. The highest BCUT2D eigenvalue weighted by molar-refractivity contribution is 6.30. The third-order valence-corrected chi connectivity index (χ3v) is 1.50. The summed E-state index contributed by atoms with van der Waals surface area (Å²) in [6, 6.07) is 0. The Morgan fingerprint density at radius 2 is 0.846 bits per heavy atom.